The zero-order valence-corrected chi connectivity index (χ0v) is 10.2. The number of aromatic hydroxyl groups is 1. The lowest BCUT2D eigenvalue weighted by molar-refractivity contribution is -0.125. The Morgan fingerprint density at radius 2 is 2.18 bits per heavy atom. The largest absolute Gasteiger partial charge is 0.504 e. The minimum atomic E-state index is -0.593. The van der Waals surface area contributed by atoms with Gasteiger partial charge in [0.15, 0.2) is 11.6 Å². The summed E-state index contributed by atoms with van der Waals surface area (Å²) in [5, 5.41) is 12.2. The van der Waals surface area contributed by atoms with Crippen LogP contribution < -0.4 is 11.1 Å². The van der Waals surface area contributed by atoms with Crippen LogP contribution in [0.25, 0.3) is 0 Å². The third-order valence-corrected chi connectivity index (χ3v) is 3.24. The molecule has 0 fully saturated rings. The second-order valence-electron chi connectivity index (χ2n) is 4.02. The number of rotatable bonds is 5. The molecular weight excluding hydrogens is 218 g/mol. The van der Waals surface area contributed by atoms with Crippen LogP contribution in [0.3, 0.4) is 0 Å². The first-order chi connectivity index (χ1) is 8.09. The van der Waals surface area contributed by atoms with Crippen molar-refractivity contribution in [1.82, 2.24) is 4.98 Å². The van der Waals surface area contributed by atoms with Crippen molar-refractivity contribution in [1.29, 1.82) is 0 Å². The van der Waals surface area contributed by atoms with Crippen molar-refractivity contribution in [3.8, 4) is 5.75 Å². The van der Waals surface area contributed by atoms with Gasteiger partial charge in [0, 0.05) is 12.7 Å². The summed E-state index contributed by atoms with van der Waals surface area (Å²) < 4.78 is 0. The van der Waals surface area contributed by atoms with E-state index >= 15 is 0 Å². The lowest BCUT2D eigenvalue weighted by Crippen LogP contribution is -2.41. The molecular formula is C12H19N3O2. The molecule has 0 unspecified atom stereocenters. The van der Waals surface area contributed by atoms with Crippen LogP contribution in [0, 0.1) is 5.41 Å². The number of amides is 1. The first kappa shape index (κ1) is 13.4. The molecule has 5 nitrogen and oxygen atoms in total. The quantitative estimate of drug-likeness (QED) is 0.724. The van der Waals surface area contributed by atoms with E-state index in [0.29, 0.717) is 12.8 Å². The minimum Gasteiger partial charge on any atom is -0.504 e. The maximum atomic E-state index is 12.1. The highest BCUT2D eigenvalue weighted by molar-refractivity contribution is 5.95. The number of carbonyl (C=O) groups excluding carboxylic acids is 1. The van der Waals surface area contributed by atoms with Crippen LogP contribution in [-0.4, -0.2) is 22.5 Å². The van der Waals surface area contributed by atoms with Crippen molar-refractivity contribution >= 4 is 11.7 Å². The smallest absolute Gasteiger partial charge is 0.233 e. The van der Waals surface area contributed by atoms with E-state index in [2.05, 4.69) is 10.3 Å². The summed E-state index contributed by atoms with van der Waals surface area (Å²) >= 11 is 0. The summed E-state index contributed by atoms with van der Waals surface area (Å²) in [6.07, 6.45) is 2.82. The first-order valence-corrected chi connectivity index (χ1v) is 5.75. The molecule has 1 rings (SSSR count). The number of nitrogens with one attached hydrogen (secondary N) is 1. The normalized spacial score (nSPS) is 11.2. The van der Waals surface area contributed by atoms with E-state index in [-0.39, 0.29) is 24.0 Å². The zero-order chi connectivity index (χ0) is 12.9. The summed E-state index contributed by atoms with van der Waals surface area (Å²) in [5.74, 6) is -0.0600. The van der Waals surface area contributed by atoms with Crippen LogP contribution in [0.15, 0.2) is 18.3 Å². The van der Waals surface area contributed by atoms with Crippen molar-refractivity contribution in [2.75, 3.05) is 11.9 Å². The van der Waals surface area contributed by atoms with E-state index in [4.69, 9.17) is 5.73 Å². The van der Waals surface area contributed by atoms with E-state index in [9.17, 15) is 9.90 Å². The molecule has 0 bridgehead atoms. The van der Waals surface area contributed by atoms with E-state index in [1.54, 1.807) is 6.07 Å². The average Bonchev–Trinajstić information content (AvgIpc) is 2.35. The monoisotopic (exact) mass is 237 g/mol. The van der Waals surface area contributed by atoms with Gasteiger partial charge in [0.05, 0.1) is 5.41 Å². The van der Waals surface area contributed by atoms with Gasteiger partial charge in [0.2, 0.25) is 5.91 Å². The standard InChI is InChI=1S/C12H19N3O2/c1-3-12(4-2,8-13)11(17)15-10-9(16)6-5-7-14-10/h5-7,16H,3-4,8,13H2,1-2H3,(H,14,15,17). The van der Waals surface area contributed by atoms with Crippen LogP contribution in [0.1, 0.15) is 26.7 Å². The number of nitrogens with two attached hydrogens (primary N) is 1. The Bertz CT molecular complexity index is 381. The molecule has 1 amide bonds. The van der Waals surface area contributed by atoms with Crippen molar-refractivity contribution in [2.24, 2.45) is 11.1 Å². The topological polar surface area (TPSA) is 88.2 Å². The molecule has 1 heterocycles. The van der Waals surface area contributed by atoms with Gasteiger partial charge < -0.3 is 16.2 Å². The number of hydrogen-bond donors (Lipinski definition) is 3. The Balaban J connectivity index is 2.88. The molecule has 0 aliphatic heterocycles. The number of aromatic nitrogens is 1. The van der Waals surface area contributed by atoms with Gasteiger partial charge in [-0.15, -0.1) is 0 Å². The molecule has 0 aliphatic rings. The van der Waals surface area contributed by atoms with Gasteiger partial charge in [-0.25, -0.2) is 4.98 Å². The number of hydrogen-bond acceptors (Lipinski definition) is 4. The molecule has 1 aromatic rings. The summed E-state index contributed by atoms with van der Waals surface area (Å²) in [5.41, 5.74) is 5.08. The Labute approximate surface area is 101 Å². The average molecular weight is 237 g/mol. The molecule has 0 aromatic carbocycles. The molecule has 4 N–H and O–H groups in total. The molecule has 0 saturated carbocycles. The van der Waals surface area contributed by atoms with E-state index in [0.717, 1.165) is 0 Å². The van der Waals surface area contributed by atoms with Crippen molar-refractivity contribution in [2.45, 2.75) is 26.7 Å². The maximum absolute atomic E-state index is 12.1. The molecule has 0 spiro atoms. The van der Waals surface area contributed by atoms with Crippen molar-refractivity contribution in [3.63, 3.8) is 0 Å². The number of anilines is 1. The second kappa shape index (κ2) is 5.63. The highest BCUT2D eigenvalue weighted by Gasteiger charge is 2.33. The number of pyridine rings is 1. The molecule has 0 atom stereocenters. The highest BCUT2D eigenvalue weighted by Crippen LogP contribution is 2.28. The fourth-order valence-corrected chi connectivity index (χ4v) is 1.69. The minimum absolute atomic E-state index is 0.0426. The van der Waals surface area contributed by atoms with E-state index in [1.165, 1.54) is 12.3 Å². The number of carbonyl (C=O) groups is 1. The predicted octanol–water partition coefficient (Wildman–Crippen LogP) is 1.49. The summed E-state index contributed by atoms with van der Waals surface area (Å²) in [6.45, 7) is 4.13. The van der Waals surface area contributed by atoms with E-state index in [1.807, 2.05) is 13.8 Å². The van der Waals surface area contributed by atoms with Crippen molar-refractivity contribution < 1.29 is 9.90 Å². The van der Waals surface area contributed by atoms with E-state index < -0.39 is 5.41 Å². The Kier molecular flexibility index (Phi) is 4.45. The van der Waals surface area contributed by atoms with Gasteiger partial charge in [-0.05, 0) is 25.0 Å². The van der Waals surface area contributed by atoms with Gasteiger partial charge in [0.25, 0.3) is 0 Å². The van der Waals surface area contributed by atoms with Gasteiger partial charge in [-0.2, -0.15) is 0 Å². The first-order valence-electron chi connectivity index (χ1n) is 5.75. The Morgan fingerprint density at radius 3 is 2.65 bits per heavy atom. The van der Waals surface area contributed by atoms with Crippen LogP contribution in [0.2, 0.25) is 0 Å². The third kappa shape index (κ3) is 2.74. The SMILES string of the molecule is CCC(CC)(CN)C(=O)Nc1ncccc1O. The van der Waals surface area contributed by atoms with Gasteiger partial charge in [-0.3, -0.25) is 4.79 Å². The summed E-state index contributed by atoms with van der Waals surface area (Å²) in [4.78, 5) is 16.0. The maximum Gasteiger partial charge on any atom is 0.233 e. The van der Waals surface area contributed by atoms with Gasteiger partial charge in [0.1, 0.15) is 0 Å². The fourth-order valence-electron chi connectivity index (χ4n) is 1.69. The molecule has 17 heavy (non-hydrogen) atoms. The molecule has 0 aliphatic carbocycles. The third-order valence-electron chi connectivity index (χ3n) is 3.24. The van der Waals surface area contributed by atoms with Crippen LogP contribution >= 0.6 is 0 Å². The van der Waals surface area contributed by atoms with Gasteiger partial charge in [-0.1, -0.05) is 13.8 Å². The molecule has 94 valence electrons. The van der Waals surface area contributed by atoms with Crippen LogP contribution in [0.5, 0.6) is 5.75 Å². The molecule has 0 radical (unpaired) electrons. The molecule has 0 saturated heterocycles. The Morgan fingerprint density at radius 1 is 1.53 bits per heavy atom. The highest BCUT2D eigenvalue weighted by atomic mass is 16.3. The second-order valence-corrected chi connectivity index (χ2v) is 4.02. The number of nitrogens with zero attached hydrogens (tertiary/aromatic N) is 1. The zero-order valence-electron chi connectivity index (χ0n) is 10.2. The summed E-state index contributed by atoms with van der Waals surface area (Å²) in [6, 6.07) is 3.07. The molecule has 5 heteroatoms. The fraction of sp³-hybridized carbons (Fsp3) is 0.500. The summed E-state index contributed by atoms with van der Waals surface area (Å²) in [7, 11) is 0. The lowest BCUT2D eigenvalue weighted by Gasteiger charge is -2.28. The van der Waals surface area contributed by atoms with Gasteiger partial charge >= 0.3 is 0 Å². The lowest BCUT2D eigenvalue weighted by atomic mass is 9.81. The molecule has 1 aromatic heterocycles. The van der Waals surface area contributed by atoms with Crippen LogP contribution in [-0.2, 0) is 4.79 Å². The van der Waals surface area contributed by atoms with Crippen LogP contribution in [0.4, 0.5) is 5.82 Å². The van der Waals surface area contributed by atoms with Crippen molar-refractivity contribution in [3.05, 3.63) is 18.3 Å². The predicted molar refractivity (Wildman–Crippen MR) is 66.6 cm³/mol. The Hall–Kier alpha value is -1.62.